The number of aromatic nitrogens is 2. The van der Waals surface area contributed by atoms with Crippen LogP contribution in [0.3, 0.4) is 0 Å². The molecule has 0 unspecified atom stereocenters. The van der Waals surface area contributed by atoms with E-state index in [2.05, 4.69) is 26.7 Å². The molecule has 130 valence electrons. The van der Waals surface area contributed by atoms with Crippen LogP contribution in [0.2, 0.25) is 0 Å². The average Bonchev–Trinajstić information content (AvgIpc) is 3.16. The summed E-state index contributed by atoms with van der Waals surface area (Å²) in [5.41, 5.74) is 4.69. The largest absolute Gasteiger partial charge is 0.385 e. The molecular formula is C19H18N6O. The van der Waals surface area contributed by atoms with Crippen LogP contribution in [-0.4, -0.2) is 34.4 Å². The maximum absolute atomic E-state index is 12.0. The molecular weight excluding hydrogens is 328 g/mol. The Morgan fingerprint density at radius 3 is 3.00 bits per heavy atom. The van der Waals surface area contributed by atoms with Crippen LogP contribution >= 0.6 is 0 Å². The van der Waals surface area contributed by atoms with E-state index in [0.29, 0.717) is 23.6 Å². The van der Waals surface area contributed by atoms with Gasteiger partial charge in [0.15, 0.2) is 0 Å². The van der Waals surface area contributed by atoms with Gasteiger partial charge >= 0.3 is 0 Å². The minimum absolute atomic E-state index is 0.0518. The Balaban J connectivity index is 1.71. The van der Waals surface area contributed by atoms with Crippen molar-refractivity contribution < 1.29 is 4.79 Å². The highest BCUT2D eigenvalue weighted by atomic mass is 16.2. The minimum Gasteiger partial charge on any atom is -0.385 e. The van der Waals surface area contributed by atoms with Crippen LogP contribution in [0.15, 0.2) is 30.5 Å². The van der Waals surface area contributed by atoms with Crippen molar-refractivity contribution in [3.05, 3.63) is 47.2 Å². The summed E-state index contributed by atoms with van der Waals surface area (Å²) < 4.78 is 0. The molecule has 4 rings (SSSR count). The Morgan fingerprint density at radius 1 is 1.38 bits per heavy atom. The fraction of sp³-hybridized carbons (Fsp3) is 0.211. The molecule has 7 heteroatoms. The van der Waals surface area contributed by atoms with Crippen LogP contribution in [0.4, 0.5) is 17.2 Å². The number of benzene rings is 1. The summed E-state index contributed by atoms with van der Waals surface area (Å²) in [5.74, 6) is 0.716. The molecule has 0 spiro atoms. The number of H-pyrrole nitrogens is 1. The van der Waals surface area contributed by atoms with Gasteiger partial charge in [0.25, 0.3) is 5.91 Å². The van der Waals surface area contributed by atoms with E-state index in [9.17, 15) is 10.1 Å². The van der Waals surface area contributed by atoms with Crippen molar-refractivity contribution in [1.82, 2.24) is 14.9 Å². The Morgan fingerprint density at radius 2 is 2.23 bits per heavy atom. The maximum atomic E-state index is 12.0. The number of fused-ring (bicyclic) bond motifs is 2. The van der Waals surface area contributed by atoms with Crippen LogP contribution in [0.5, 0.6) is 0 Å². The highest BCUT2D eigenvalue weighted by Crippen LogP contribution is 2.30. The van der Waals surface area contributed by atoms with Crippen LogP contribution in [0, 0.1) is 11.3 Å². The second-order valence-corrected chi connectivity index (χ2v) is 6.28. The van der Waals surface area contributed by atoms with Crippen molar-refractivity contribution in [3.8, 4) is 6.07 Å². The lowest BCUT2D eigenvalue weighted by atomic mass is 10.1. The Labute approximate surface area is 150 Å². The molecule has 1 aliphatic heterocycles. The van der Waals surface area contributed by atoms with Crippen molar-refractivity contribution in [2.75, 3.05) is 24.2 Å². The van der Waals surface area contributed by atoms with Gasteiger partial charge in [0.2, 0.25) is 0 Å². The summed E-state index contributed by atoms with van der Waals surface area (Å²) in [6, 6.07) is 9.78. The van der Waals surface area contributed by atoms with Gasteiger partial charge < -0.3 is 20.5 Å². The number of rotatable bonds is 4. The van der Waals surface area contributed by atoms with Crippen LogP contribution in [0.25, 0.3) is 11.0 Å². The van der Waals surface area contributed by atoms with Gasteiger partial charge in [-0.3, -0.25) is 4.79 Å². The molecule has 0 fully saturated rings. The first-order valence-electron chi connectivity index (χ1n) is 8.42. The van der Waals surface area contributed by atoms with Crippen molar-refractivity contribution in [2.45, 2.75) is 13.5 Å². The zero-order chi connectivity index (χ0) is 18.3. The quantitative estimate of drug-likeness (QED) is 0.674. The van der Waals surface area contributed by atoms with Crippen molar-refractivity contribution >= 4 is 34.1 Å². The molecule has 2 aromatic heterocycles. The molecule has 0 aliphatic carbocycles. The van der Waals surface area contributed by atoms with Gasteiger partial charge in [0.1, 0.15) is 17.5 Å². The number of carbonyl (C=O) groups is 1. The molecule has 0 saturated heterocycles. The number of carbonyl (C=O) groups excluding carboxylic acids is 1. The molecule has 1 aromatic carbocycles. The van der Waals surface area contributed by atoms with Crippen LogP contribution < -0.4 is 10.6 Å². The topological polar surface area (TPSA) is 96.8 Å². The predicted molar refractivity (Wildman–Crippen MR) is 100 cm³/mol. The first-order valence-corrected chi connectivity index (χ1v) is 8.42. The highest BCUT2D eigenvalue weighted by molar-refractivity contribution is 5.99. The van der Waals surface area contributed by atoms with E-state index in [-0.39, 0.29) is 5.91 Å². The van der Waals surface area contributed by atoms with Gasteiger partial charge in [-0.15, -0.1) is 0 Å². The standard InChI is InChI=1S/C19H18N6O/c1-3-21-15-7-16(24-18-17(15)12(8-20)9-22-18)23-13-4-5-14-11(6-13)10-25(2)19(14)26/h4-7,9H,3,10H2,1-2H3,(H3,21,22,23,24). The van der Waals surface area contributed by atoms with Crippen LogP contribution in [0.1, 0.15) is 28.4 Å². The van der Waals surface area contributed by atoms with E-state index in [1.165, 1.54) is 0 Å². The first kappa shape index (κ1) is 16.0. The van der Waals surface area contributed by atoms with E-state index < -0.39 is 0 Å². The van der Waals surface area contributed by atoms with Gasteiger partial charge in [0.05, 0.1) is 16.6 Å². The molecule has 1 amide bonds. The van der Waals surface area contributed by atoms with Crippen molar-refractivity contribution in [3.63, 3.8) is 0 Å². The fourth-order valence-corrected chi connectivity index (χ4v) is 3.31. The number of hydrogen-bond donors (Lipinski definition) is 3. The lowest BCUT2D eigenvalue weighted by molar-refractivity contribution is 0.0816. The SMILES string of the molecule is CCNc1cc(Nc2ccc3c(c2)CN(C)C3=O)nc2[nH]cc(C#N)c12. The average molecular weight is 346 g/mol. The number of nitriles is 1. The molecule has 3 N–H and O–H groups in total. The molecule has 0 atom stereocenters. The van der Waals surface area contributed by atoms with Crippen molar-refractivity contribution in [1.29, 1.82) is 5.26 Å². The first-order chi connectivity index (χ1) is 12.6. The molecule has 0 radical (unpaired) electrons. The summed E-state index contributed by atoms with van der Waals surface area (Å²) in [6.07, 6.45) is 1.67. The third-order valence-corrected chi connectivity index (χ3v) is 4.49. The molecule has 3 heterocycles. The number of nitrogens with zero attached hydrogens (tertiary/aromatic N) is 3. The number of aromatic amines is 1. The van der Waals surface area contributed by atoms with Gasteiger partial charge in [-0.1, -0.05) is 0 Å². The lowest BCUT2D eigenvalue weighted by Crippen LogP contribution is -2.17. The van der Waals surface area contributed by atoms with Gasteiger partial charge in [0, 0.05) is 43.7 Å². The Hall–Kier alpha value is -3.53. The Bertz CT molecular complexity index is 1060. The second-order valence-electron chi connectivity index (χ2n) is 6.28. The molecule has 0 saturated carbocycles. The number of hydrogen-bond acceptors (Lipinski definition) is 5. The van der Waals surface area contributed by atoms with E-state index in [1.807, 2.05) is 31.2 Å². The lowest BCUT2D eigenvalue weighted by Gasteiger charge is -2.11. The van der Waals surface area contributed by atoms with Crippen molar-refractivity contribution in [2.24, 2.45) is 0 Å². The summed E-state index contributed by atoms with van der Waals surface area (Å²) in [6.45, 7) is 3.36. The van der Waals surface area contributed by atoms with E-state index in [0.717, 1.165) is 34.4 Å². The van der Waals surface area contributed by atoms with Crippen LogP contribution in [-0.2, 0) is 6.54 Å². The number of pyridine rings is 1. The monoisotopic (exact) mass is 346 g/mol. The molecule has 0 bridgehead atoms. The minimum atomic E-state index is 0.0518. The predicted octanol–water partition coefficient (Wildman–Crippen LogP) is 3.20. The zero-order valence-corrected chi connectivity index (χ0v) is 14.6. The third-order valence-electron chi connectivity index (χ3n) is 4.49. The molecule has 3 aromatic rings. The zero-order valence-electron chi connectivity index (χ0n) is 14.6. The van der Waals surface area contributed by atoms with E-state index in [4.69, 9.17) is 0 Å². The van der Waals surface area contributed by atoms with E-state index in [1.54, 1.807) is 18.1 Å². The van der Waals surface area contributed by atoms with Gasteiger partial charge in [-0.25, -0.2) is 4.98 Å². The summed E-state index contributed by atoms with van der Waals surface area (Å²) in [5, 5.41) is 16.7. The number of nitrogens with one attached hydrogen (secondary N) is 3. The fourth-order valence-electron chi connectivity index (χ4n) is 3.31. The normalized spacial score (nSPS) is 13.0. The molecule has 1 aliphatic rings. The third kappa shape index (κ3) is 2.52. The summed E-state index contributed by atoms with van der Waals surface area (Å²) in [7, 11) is 1.80. The highest BCUT2D eigenvalue weighted by Gasteiger charge is 2.24. The summed E-state index contributed by atoms with van der Waals surface area (Å²) in [4.78, 5) is 21.3. The maximum Gasteiger partial charge on any atom is 0.254 e. The Kier molecular flexibility index (Phi) is 3.73. The number of anilines is 3. The van der Waals surface area contributed by atoms with Gasteiger partial charge in [-0.05, 0) is 30.7 Å². The number of amides is 1. The molecule has 7 nitrogen and oxygen atoms in total. The smallest absolute Gasteiger partial charge is 0.254 e. The molecule has 26 heavy (non-hydrogen) atoms. The summed E-state index contributed by atoms with van der Waals surface area (Å²) >= 11 is 0. The van der Waals surface area contributed by atoms with E-state index >= 15 is 0 Å². The van der Waals surface area contributed by atoms with Gasteiger partial charge in [-0.2, -0.15) is 5.26 Å². The second kappa shape index (κ2) is 6.08.